The number of benzene rings is 3. The molecule has 0 unspecified atom stereocenters. The van der Waals surface area contributed by atoms with Gasteiger partial charge in [-0.25, -0.2) is 0 Å². The van der Waals surface area contributed by atoms with Gasteiger partial charge in [-0.15, -0.1) is 0 Å². The van der Waals surface area contributed by atoms with Crippen LogP contribution >= 0.6 is 0 Å². The summed E-state index contributed by atoms with van der Waals surface area (Å²) in [4.78, 5) is 0. The Labute approximate surface area is 157 Å². The highest BCUT2D eigenvalue weighted by Crippen LogP contribution is 2.30. The maximum atomic E-state index is 5.97. The zero-order valence-corrected chi connectivity index (χ0v) is 16.3. The molecule has 0 saturated heterocycles. The second-order valence-electron chi connectivity index (χ2n) is 7.68. The topological polar surface area (TPSA) is 26.0 Å². The van der Waals surface area contributed by atoms with E-state index >= 15 is 0 Å². The van der Waals surface area contributed by atoms with Crippen molar-refractivity contribution in [2.45, 2.75) is 46.1 Å². The number of nitrogens with two attached hydrogens (primary N) is 1. The fourth-order valence-electron chi connectivity index (χ4n) is 3.26. The Morgan fingerprint density at radius 3 is 1.27 bits per heavy atom. The maximum Gasteiger partial charge on any atom is 0.0178 e. The summed E-state index contributed by atoms with van der Waals surface area (Å²) in [5.74, 6) is 1.10. The summed E-state index contributed by atoms with van der Waals surface area (Å²) < 4.78 is 0. The van der Waals surface area contributed by atoms with Gasteiger partial charge in [0.1, 0.15) is 0 Å². The number of hydrogen-bond acceptors (Lipinski definition) is 1. The zero-order valence-electron chi connectivity index (χ0n) is 16.3. The molecule has 0 bridgehead atoms. The van der Waals surface area contributed by atoms with Gasteiger partial charge in [0.2, 0.25) is 0 Å². The molecule has 3 aromatic carbocycles. The van der Waals surface area contributed by atoms with Crippen LogP contribution in [0.25, 0.3) is 22.3 Å². The molecule has 0 spiro atoms. The molecular formula is C25H29N. The molecule has 0 aliphatic heterocycles. The van der Waals surface area contributed by atoms with Gasteiger partial charge >= 0.3 is 0 Å². The third-order valence-corrected chi connectivity index (χ3v) is 5.05. The molecule has 1 nitrogen and oxygen atoms in total. The van der Waals surface area contributed by atoms with E-state index in [0.29, 0.717) is 18.4 Å². The minimum absolute atomic E-state index is 0.550. The van der Waals surface area contributed by atoms with Crippen molar-refractivity contribution < 1.29 is 0 Å². The smallest absolute Gasteiger partial charge is 0.0178 e. The van der Waals surface area contributed by atoms with Gasteiger partial charge in [-0.3, -0.25) is 0 Å². The fraction of sp³-hybridized carbons (Fsp3) is 0.280. The van der Waals surface area contributed by atoms with Crippen LogP contribution in [0.4, 0.5) is 0 Å². The quantitative estimate of drug-likeness (QED) is 0.546. The van der Waals surface area contributed by atoms with E-state index < -0.39 is 0 Å². The Hall–Kier alpha value is -2.38. The minimum Gasteiger partial charge on any atom is -0.326 e. The maximum absolute atomic E-state index is 5.97. The van der Waals surface area contributed by atoms with Crippen molar-refractivity contribution in [2.24, 2.45) is 5.73 Å². The lowest BCUT2D eigenvalue weighted by Gasteiger charge is -2.12. The van der Waals surface area contributed by atoms with Gasteiger partial charge in [-0.2, -0.15) is 0 Å². The molecule has 3 rings (SSSR count). The van der Waals surface area contributed by atoms with Crippen molar-refractivity contribution >= 4 is 0 Å². The zero-order chi connectivity index (χ0) is 18.7. The molecule has 0 atom stereocenters. The number of rotatable bonds is 5. The van der Waals surface area contributed by atoms with Gasteiger partial charge < -0.3 is 5.73 Å². The van der Waals surface area contributed by atoms with E-state index in [1.165, 1.54) is 38.9 Å². The number of hydrogen-bond donors (Lipinski definition) is 1. The Morgan fingerprint density at radius 1 is 0.577 bits per heavy atom. The van der Waals surface area contributed by atoms with Crippen LogP contribution in [0.15, 0.2) is 66.7 Å². The summed E-state index contributed by atoms with van der Waals surface area (Å²) in [7, 11) is 0. The summed E-state index contributed by atoms with van der Waals surface area (Å²) in [5, 5.41) is 0. The molecule has 0 radical (unpaired) electrons. The molecule has 1 heteroatoms. The average Bonchev–Trinajstić information content (AvgIpc) is 2.67. The van der Waals surface area contributed by atoms with E-state index in [-0.39, 0.29) is 0 Å². The molecule has 2 N–H and O–H groups in total. The molecule has 0 aliphatic rings. The van der Waals surface area contributed by atoms with Gasteiger partial charge in [0, 0.05) is 6.54 Å². The van der Waals surface area contributed by atoms with Crippen LogP contribution in [0.1, 0.15) is 56.2 Å². The first-order valence-corrected chi connectivity index (χ1v) is 9.52. The van der Waals surface area contributed by atoms with Gasteiger partial charge in [0.05, 0.1) is 0 Å². The van der Waals surface area contributed by atoms with Gasteiger partial charge in [0.25, 0.3) is 0 Å². The molecule has 0 amide bonds. The van der Waals surface area contributed by atoms with Crippen molar-refractivity contribution in [3.63, 3.8) is 0 Å². The van der Waals surface area contributed by atoms with Crippen LogP contribution in [0.2, 0.25) is 0 Å². The van der Waals surface area contributed by atoms with E-state index in [2.05, 4.69) is 94.4 Å². The van der Waals surface area contributed by atoms with Crippen molar-refractivity contribution in [1.29, 1.82) is 0 Å². The van der Waals surface area contributed by atoms with Crippen LogP contribution < -0.4 is 5.73 Å². The van der Waals surface area contributed by atoms with Crippen LogP contribution in [0.5, 0.6) is 0 Å². The monoisotopic (exact) mass is 343 g/mol. The largest absolute Gasteiger partial charge is 0.326 e. The predicted molar refractivity (Wildman–Crippen MR) is 113 cm³/mol. The summed E-state index contributed by atoms with van der Waals surface area (Å²) in [6, 6.07) is 24.5. The lowest BCUT2D eigenvalue weighted by molar-refractivity contribution is 0.867. The van der Waals surface area contributed by atoms with Gasteiger partial charge in [0.15, 0.2) is 0 Å². The SMILES string of the molecule is CC(C)c1ccc(-c2cc(CN)cc(-c3ccc(C(C)C)cc3)c2)cc1. The first kappa shape index (κ1) is 18.4. The van der Waals surface area contributed by atoms with Crippen molar-refractivity contribution in [1.82, 2.24) is 0 Å². The van der Waals surface area contributed by atoms with Crippen LogP contribution in [-0.4, -0.2) is 0 Å². The standard InChI is InChI=1S/C25H29N/c1-17(2)20-5-9-22(10-6-20)24-13-19(16-26)14-25(15-24)23-11-7-21(8-12-23)18(3)4/h5-15,17-18H,16,26H2,1-4H3. The highest BCUT2D eigenvalue weighted by molar-refractivity contribution is 5.74. The second kappa shape index (κ2) is 7.88. The van der Waals surface area contributed by atoms with Gasteiger partial charge in [-0.1, -0.05) is 76.2 Å². The van der Waals surface area contributed by atoms with E-state index in [0.717, 1.165) is 0 Å². The molecule has 0 aliphatic carbocycles. The Bertz CT molecular complexity index is 786. The molecule has 3 aromatic rings. The van der Waals surface area contributed by atoms with E-state index in [4.69, 9.17) is 5.73 Å². The molecule has 0 saturated carbocycles. The third kappa shape index (κ3) is 4.05. The summed E-state index contributed by atoms with van der Waals surface area (Å²) in [5.41, 5.74) is 14.8. The molecule has 0 heterocycles. The Balaban J connectivity index is 2.01. The highest BCUT2D eigenvalue weighted by Gasteiger charge is 2.07. The molecular weight excluding hydrogens is 314 g/mol. The lowest BCUT2D eigenvalue weighted by Crippen LogP contribution is -1.97. The van der Waals surface area contributed by atoms with Crippen molar-refractivity contribution in [2.75, 3.05) is 0 Å². The molecule has 0 fully saturated rings. The minimum atomic E-state index is 0.550. The predicted octanol–water partition coefficient (Wildman–Crippen LogP) is 6.73. The van der Waals surface area contributed by atoms with E-state index in [9.17, 15) is 0 Å². The van der Waals surface area contributed by atoms with E-state index in [1.807, 2.05) is 0 Å². The Morgan fingerprint density at radius 2 is 0.962 bits per heavy atom. The first-order valence-electron chi connectivity index (χ1n) is 9.52. The molecule has 134 valence electrons. The lowest BCUT2D eigenvalue weighted by atomic mass is 9.93. The van der Waals surface area contributed by atoms with Crippen molar-refractivity contribution in [3.05, 3.63) is 83.4 Å². The first-order chi connectivity index (χ1) is 12.5. The summed E-state index contributed by atoms with van der Waals surface area (Å²) in [6.45, 7) is 9.45. The Kier molecular flexibility index (Phi) is 5.58. The normalized spacial score (nSPS) is 11.3. The summed E-state index contributed by atoms with van der Waals surface area (Å²) >= 11 is 0. The average molecular weight is 344 g/mol. The van der Waals surface area contributed by atoms with Crippen LogP contribution in [0.3, 0.4) is 0 Å². The van der Waals surface area contributed by atoms with E-state index in [1.54, 1.807) is 0 Å². The molecule has 26 heavy (non-hydrogen) atoms. The summed E-state index contributed by atoms with van der Waals surface area (Å²) in [6.07, 6.45) is 0. The van der Waals surface area contributed by atoms with Gasteiger partial charge in [-0.05, 0) is 69.0 Å². The van der Waals surface area contributed by atoms with Crippen LogP contribution in [-0.2, 0) is 6.54 Å². The second-order valence-corrected chi connectivity index (χ2v) is 7.68. The molecule has 0 aromatic heterocycles. The van der Waals surface area contributed by atoms with Crippen molar-refractivity contribution in [3.8, 4) is 22.3 Å². The highest BCUT2D eigenvalue weighted by atomic mass is 14.5. The fourth-order valence-corrected chi connectivity index (χ4v) is 3.26. The third-order valence-electron chi connectivity index (χ3n) is 5.05. The van der Waals surface area contributed by atoms with Crippen LogP contribution in [0, 0.1) is 0 Å².